The van der Waals surface area contributed by atoms with Crippen molar-refractivity contribution in [3.8, 4) is 0 Å². The van der Waals surface area contributed by atoms with Crippen LogP contribution in [0, 0.1) is 0 Å². The number of aromatic nitrogens is 1. The number of hydrogen-bond acceptors (Lipinski definition) is 3. The highest BCUT2D eigenvalue weighted by Crippen LogP contribution is 2.21. The Morgan fingerprint density at radius 1 is 1.31 bits per heavy atom. The number of nitrogens with one attached hydrogen (secondary N) is 1. The molecule has 0 saturated heterocycles. The minimum Gasteiger partial charge on any atom is -0.316 e. The highest BCUT2D eigenvalue weighted by Gasteiger charge is 2.11. The maximum atomic E-state index is 11.5. The molecule has 0 bridgehead atoms. The fourth-order valence-electron chi connectivity index (χ4n) is 1.84. The molecule has 0 amide bonds. The second kappa shape index (κ2) is 3.92. The van der Waals surface area contributed by atoms with E-state index in [-0.39, 0.29) is 0 Å². The molecule has 0 unspecified atom stereocenters. The van der Waals surface area contributed by atoms with Gasteiger partial charge in [0.15, 0.2) is 0 Å². The molecule has 16 heavy (non-hydrogen) atoms. The molecular weight excluding hydrogens is 224 g/mol. The van der Waals surface area contributed by atoms with Crippen LogP contribution in [0.5, 0.6) is 0 Å². The van der Waals surface area contributed by atoms with Crippen LogP contribution in [0.2, 0.25) is 0 Å². The Labute approximate surface area is 94.9 Å². The van der Waals surface area contributed by atoms with E-state index in [9.17, 15) is 8.42 Å². The lowest BCUT2D eigenvalue weighted by Crippen LogP contribution is -2.09. The van der Waals surface area contributed by atoms with Crippen molar-refractivity contribution in [2.24, 2.45) is 0 Å². The SMILES string of the molecule is CNCc1cccc2c1ccn2S(C)(=O)=O. The van der Waals surface area contributed by atoms with Crippen LogP contribution in [0.1, 0.15) is 5.56 Å². The van der Waals surface area contributed by atoms with Gasteiger partial charge < -0.3 is 5.32 Å². The third-order valence-corrected chi connectivity index (χ3v) is 3.54. The Morgan fingerprint density at radius 2 is 2.06 bits per heavy atom. The quantitative estimate of drug-likeness (QED) is 0.873. The molecule has 0 saturated carbocycles. The molecule has 0 fully saturated rings. The fourth-order valence-corrected chi connectivity index (χ4v) is 2.64. The van der Waals surface area contributed by atoms with Crippen LogP contribution in [0.4, 0.5) is 0 Å². The Balaban J connectivity index is 2.71. The molecule has 4 nitrogen and oxygen atoms in total. The third kappa shape index (κ3) is 1.83. The van der Waals surface area contributed by atoms with E-state index >= 15 is 0 Å². The lowest BCUT2D eigenvalue weighted by Gasteiger charge is -2.04. The van der Waals surface area contributed by atoms with Gasteiger partial charge in [-0.25, -0.2) is 12.4 Å². The Hall–Kier alpha value is -1.33. The summed E-state index contributed by atoms with van der Waals surface area (Å²) in [5, 5.41) is 4.04. The average molecular weight is 238 g/mol. The molecule has 86 valence electrons. The molecule has 0 spiro atoms. The number of nitrogens with zero attached hydrogens (tertiary/aromatic N) is 1. The van der Waals surface area contributed by atoms with Gasteiger partial charge in [-0.15, -0.1) is 0 Å². The topological polar surface area (TPSA) is 51.1 Å². The monoisotopic (exact) mass is 238 g/mol. The zero-order valence-electron chi connectivity index (χ0n) is 9.27. The van der Waals surface area contributed by atoms with Crippen LogP contribution in [0.15, 0.2) is 30.5 Å². The summed E-state index contributed by atoms with van der Waals surface area (Å²) in [4.78, 5) is 0. The molecule has 1 aromatic carbocycles. The van der Waals surface area contributed by atoms with E-state index in [1.165, 1.54) is 10.2 Å². The summed E-state index contributed by atoms with van der Waals surface area (Å²) in [5.74, 6) is 0. The molecule has 0 aliphatic rings. The van der Waals surface area contributed by atoms with Crippen LogP contribution in [-0.2, 0) is 16.6 Å². The van der Waals surface area contributed by atoms with Gasteiger partial charge >= 0.3 is 0 Å². The van der Waals surface area contributed by atoms with Gasteiger partial charge in [0, 0.05) is 18.1 Å². The molecule has 5 heteroatoms. The first-order valence-electron chi connectivity index (χ1n) is 4.98. The van der Waals surface area contributed by atoms with Crippen molar-refractivity contribution in [3.05, 3.63) is 36.0 Å². The first-order chi connectivity index (χ1) is 7.54. The van der Waals surface area contributed by atoms with Crippen molar-refractivity contribution in [1.82, 2.24) is 9.29 Å². The lowest BCUT2D eigenvalue weighted by molar-refractivity contribution is 0.595. The van der Waals surface area contributed by atoms with Crippen LogP contribution >= 0.6 is 0 Å². The molecule has 0 aliphatic carbocycles. The molecule has 0 aliphatic heterocycles. The molecular formula is C11H14N2O2S. The van der Waals surface area contributed by atoms with Crippen LogP contribution in [-0.4, -0.2) is 25.7 Å². The van der Waals surface area contributed by atoms with E-state index in [1.54, 1.807) is 6.20 Å². The normalized spacial score (nSPS) is 12.1. The Bertz CT molecular complexity index is 614. The van der Waals surface area contributed by atoms with Crippen molar-refractivity contribution < 1.29 is 8.42 Å². The van der Waals surface area contributed by atoms with E-state index in [0.29, 0.717) is 0 Å². The standard InChI is InChI=1S/C11H14N2O2S/c1-12-8-9-4-3-5-11-10(9)6-7-13(11)16(2,14)15/h3-7,12H,8H2,1-2H3. The van der Waals surface area contributed by atoms with Gasteiger partial charge in [0.05, 0.1) is 11.8 Å². The molecule has 0 radical (unpaired) electrons. The van der Waals surface area contributed by atoms with Gasteiger partial charge in [-0.2, -0.15) is 0 Å². The van der Waals surface area contributed by atoms with Crippen LogP contribution in [0.25, 0.3) is 10.9 Å². The zero-order valence-corrected chi connectivity index (χ0v) is 10.1. The largest absolute Gasteiger partial charge is 0.316 e. The van der Waals surface area contributed by atoms with E-state index in [2.05, 4.69) is 5.32 Å². The predicted molar refractivity (Wildman–Crippen MR) is 64.9 cm³/mol. The maximum absolute atomic E-state index is 11.5. The second-order valence-electron chi connectivity index (χ2n) is 3.75. The summed E-state index contributed by atoms with van der Waals surface area (Å²) in [5.41, 5.74) is 1.83. The molecule has 2 rings (SSSR count). The molecule has 1 heterocycles. The van der Waals surface area contributed by atoms with Crippen molar-refractivity contribution >= 4 is 20.9 Å². The first-order valence-corrected chi connectivity index (χ1v) is 6.83. The summed E-state index contributed by atoms with van der Waals surface area (Å²) >= 11 is 0. The van der Waals surface area contributed by atoms with Crippen LogP contribution < -0.4 is 5.32 Å². The number of fused-ring (bicyclic) bond motifs is 1. The highest BCUT2D eigenvalue weighted by atomic mass is 32.2. The second-order valence-corrected chi connectivity index (χ2v) is 5.61. The van der Waals surface area contributed by atoms with Crippen molar-refractivity contribution in [1.29, 1.82) is 0 Å². The van der Waals surface area contributed by atoms with E-state index < -0.39 is 10.0 Å². The average Bonchev–Trinajstić information content (AvgIpc) is 2.62. The molecule has 1 N–H and O–H groups in total. The summed E-state index contributed by atoms with van der Waals surface area (Å²) in [6.07, 6.45) is 2.80. The molecule has 0 atom stereocenters. The number of benzene rings is 1. The summed E-state index contributed by atoms with van der Waals surface area (Å²) < 4.78 is 24.4. The van der Waals surface area contributed by atoms with Crippen molar-refractivity contribution in [2.75, 3.05) is 13.3 Å². The number of hydrogen-bond donors (Lipinski definition) is 1. The lowest BCUT2D eigenvalue weighted by atomic mass is 10.1. The minimum absolute atomic E-state index is 0.727. The van der Waals surface area contributed by atoms with Gasteiger partial charge in [0.2, 0.25) is 10.0 Å². The van der Waals surface area contributed by atoms with Crippen molar-refractivity contribution in [2.45, 2.75) is 6.54 Å². The van der Waals surface area contributed by atoms with Gasteiger partial charge in [0.1, 0.15) is 0 Å². The fraction of sp³-hybridized carbons (Fsp3) is 0.273. The predicted octanol–water partition coefficient (Wildman–Crippen LogP) is 1.17. The minimum atomic E-state index is -3.22. The zero-order chi connectivity index (χ0) is 11.8. The van der Waals surface area contributed by atoms with E-state index in [0.717, 1.165) is 23.0 Å². The number of rotatable bonds is 3. The molecule has 2 aromatic rings. The Kier molecular flexibility index (Phi) is 2.73. The Morgan fingerprint density at radius 3 is 2.69 bits per heavy atom. The summed E-state index contributed by atoms with van der Waals surface area (Å²) in [6.45, 7) is 0.727. The van der Waals surface area contributed by atoms with Crippen LogP contribution in [0.3, 0.4) is 0 Å². The van der Waals surface area contributed by atoms with Gasteiger partial charge in [0.25, 0.3) is 0 Å². The van der Waals surface area contributed by atoms with Gasteiger partial charge in [-0.1, -0.05) is 12.1 Å². The molecule has 1 aromatic heterocycles. The van der Waals surface area contributed by atoms with E-state index in [4.69, 9.17) is 0 Å². The third-order valence-electron chi connectivity index (χ3n) is 2.51. The summed E-state index contributed by atoms with van der Waals surface area (Å²) in [7, 11) is -1.35. The van der Waals surface area contributed by atoms with Gasteiger partial charge in [-0.05, 0) is 24.7 Å². The smallest absolute Gasteiger partial charge is 0.236 e. The first kappa shape index (κ1) is 11.2. The maximum Gasteiger partial charge on any atom is 0.236 e. The highest BCUT2D eigenvalue weighted by molar-refractivity contribution is 7.89. The summed E-state index contributed by atoms with van der Waals surface area (Å²) in [6, 6.07) is 7.51. The van der Waals surface area contributed by atoms with E-state index in [1.807, 2.05) is 31.3 Å². The van der Waals surface area contributed by atoms with Crippen molar-refractivity contribution in [3.63, 3.8) is 0 Å². The van der Waals surface area contributed by atoms with Gasteiger partial charge in [-0.3, -0.25) is 0 Å².